The molecule has 104 valence electrons. The quantitative estimate of drug-likeness (QED) is 0.648. The van der Waals surface area contributed by atoms with Gasteiger partial charge in [-0.3, -0.25) is 9.98 Å². The van der Waals surface area contributed by atoms with E-state index in [-0.39, 0.29) is 0 Å². The number of nitrogens with zero attached hydrogens (tertiary/aromatic N) is 2. The van der Waals surface area contributed by atoms with Crippen molar-refractivity contribution in [3.8, 4) is 0 Å². The van der Waals surface area contributed by atoms with Gasteiger partial charge in [-0.2, -0.15) is 0 Å². The summed E-state index contributed by atoms with van der Waals surface area (Å²) in [7, 11) is 1.82. The van der Waals surface area contributed by atoms with Crippen LogP contribution in [0.5, 0.6) is 0 Å². The molecule has 0 atom stereocenters. The van der Waals surface area contributed by atoms with Crippen molar-refractivity contribution in [2.24, 2.45) is 4.99 Å². The minimum absolute atomic E-state index is 0.574. The number of rotatable bonds is 3. The minimum Gasteiger partial charge on any atom is -0.354 e. The summed E-state index contributed by atoms with van der Waals surface area (Å²) in [5.41, 5.74) is 2.29. The van der Waals surface area contributed by atoms with Crippen molar-refractivity contribution < 1.29 is 0 Å². The maximum atomic E-state index is 4.39. The van der Waals surface area contributed by atoms with E-state index >= 15 is 0 Å². The van der Waals surface area contributed by atoms with Gasteiger partial charge in [0.2, 0.25) is 0 Å². The van der Waals surface area contributed by atoms with Gasteiger partial charge < -0.3 is 10.6 Å². The summed E-state index contributed by atoms with van der Waals surface area (Å²) in [6, 6.07) is 4.62. The molecule has 1 aliphatic rings. The van der Waals surface area contributed by atoms with Gasteiger partial charge in [0.25, 0.3) is 0 Å². The third-order valence-corrected chi connectivity index (χ3v) is 3.71. The van der Waals surface area contributed by atoms with E-state index in [1.54, 1.807) is 0 Å². The lowest BCUT2D eigenvalue weighted by Crippen LogP contribution is -2.44. The van der Waals surface area contributed by atoms with Gasteiger partial charge in [-0.25, -0.2) is 0 Å². The SMILES string of the molecule is CN=C(NCc1ncccc1C)NC1CCCCC1. The first kappa shape index (κ1) is 13.8. The lowest BCUT2D eigenvalue weighted by Gasteiger charge is -2.24. The summed E-state index contributed by atoms with van der Waals surface area (Å²) in [5.74, 6) is 0.886. The number of hydrogen-bond acceptors (Lipinski definition) is 2. The van der Waals surface area contributed by atoms with Crippen LogP contribution in [0.25, 0.3) is 0 Å². The Labute approximate surface area is 115 Å². The Kier molecular flexibility index (Phi) is 5.19. The van der Waals surface area contributed by atoms with Crippen LogP contribution in [-0.4, -0.2) is 24.0 Å². The summed E-state index contributed by atoms with van der Waals surface area (Å²) in [4.78, 5) is 8.68. The molecule has 4 nitrogen and oxygen atoms in total. The Hall–Kier alpha value is -1.58. The smallest absolute Gasteiger partial charge is 0.191 e. The molecule has 1 saturated carbocycles. The van der Waals surface area contributed by atoms with Gasteiger partial charge in [-0.1, -0.05) is 25.3 Å². The van der Waals surface area contributed by atoms with Gasteiger partial charge >= 0.3 is 0 Å². The van der Waals surface area contributed by atoms with Gasteiger partial charge in [-0.05, 0) is 31.4 Å². The average molecular weight is 260 g/mol. The maximum absolute atomic E-state index is 4.39. The number of aliphatic imine (C=N–C) groups is 1. The lowest BCUT2D eigenvalue weighted by molar-refractivity contribution is 0.410. The van der Waals surface area contributed by atoms with Crippen molar-refractivity contribution in [1.29, 1.82) is 0 Å². The molecule has 1 aromatic rings. The van der Waals surface area contributed by atoms with Gasteiger partial charge in [0.1, 0.15) is 0 Å². The summed E-state index contributed by atoms with van der Waals surface area (Å²) in [5, 5.41) is 6.86. The maximum Gasteiger partial charge on any atom is 0.191 e. The highest BCUT2D eigenvalue weighted by Gasteiger charge is 2.14. The van der Waals surface area contributed by atoms with E-state index in [9.17, 15) is 0 Å². The molecule has 0 amide bonds. The first-order valence-corrected chi connectivity index (χ1v) is 7.17. The fourth-order valence-electron chi connectivity index (χ4n) is 2.51. The molecule has 1 aromatic heterocycles. The van der Waals surface area contributed by atoms with Crippen LogP contribution in [0.3, 0.4) is 0 Å². The lowest BCUT2D eigenvalue weighted by atomic mass is 9.96. The highest BCUT2D eigenvalue weighted by Crippen LogP contribution is 2.17. The standard InChI is InChI=1S/C15H24N4/c1-12-7-6-10-17-14(12)11-18-15(16-2)19-13-8-4-3-5-9-13/h6-7,10,13H,3-5,8-9,11H2,1-2H3,(H2,16,18,19). The molecule has 0 bridgehead atoms. The van der Waals surface area contributed by atoms with Crippen LogP contribution in [0.4, 0.5) is 0 Å². The largest absolute Gasteiger partial charge is 0.354 e. The number of aromatic nitrogens is 1. The monoisotopic (exact) mass is 260 g/mol. The predicted octanol–water partition coefficient (Wildman–Crippen LogP) is 2.39. The number of guanidine groups is 1. The Bertz CT molecular complexity index is 422. The second-order valence-electron chi connectivity index (χ2n) is 5.17. The Morgan fingerprint density at radius 1 is 1.37 bits per heavy atom. The van der Waals surface area contributed by atoms with Crippen molar-refractivity contribution >= 4 is 5.96 Å². The van der Waals surface area contributed by atoms with Crippen LogP contribution in [0.1, 0.15) is 43.4 Å². The minimum atomic E-state index is 0.574. The summed E-state index contributed by atoms with van der Waals surface area (Å²) >= 11 is 0. The first-order valence-electron chi connectivity index (χ1n) is 7.17. The molecule has 2 N–H and O–H groups in total. The predicted molar refractivity (Wildman–Crippen MR) is 79.2 cm³/mol. The molecule has 0 saturated heterocycles. The molecule has 19 heavy (non-hydrogen) atoms. The Morgan fingerprint density at radius 2 is 2.16 bits per heavy atom. The topological polar surface area (TPSA) is 49.3 Å². The molecule has 4 heteroatoms. The molecule has 2 rings (SSSR count). The van der Waals surface area contributed by atoms with Crippen LogP contribution >= 0.6 is 0 Å². The molecule has 1 fully saturated rings. The van der Waals surface area contributed by atoms with E-state index in [2.05, 4.69) is 33.6 Å². The van der Waals surface area contributed by atoms with E-state index in [4.69, 9.17) is 0 Å². The normalized spacial score (nSPS) is 17.3. The second kappa shape index (κ2) is 7.12. The van der Waals surface area contributed by atoms with Crippen LogP contribution < -0.4 is 10.6 Å². The third-order valence-electron chi connectivity index (χ3n) is 3.71. The molecular weight excluding hydrogens is 236 g/mol. The number of hydrogen-bond donors (Lipinski definition) is 2. The van der Waals surface area contributed by atoms with E-state index in [1.807, 2.05) is 19.3 Å². The third kappa shape index (κ3) is 4.23. The van der Waals surface area contributed by atoms with Gasteiger partial charge in [-0.15, -0.1) is 0 Å². The molecule has 0 aliphatic heterocycles. The zero-order valence-corrected chi connectivity index (χ0v) is 11.9. The van der Waals surface area contributed by atoms with Crippen molar-refractivity contribution in [2.45, 2.75) is 51.6 Å². The molecule has 0 aromatic carbocycles. The van der Waals surface area contributed by atoms with E-state index in [0.717, 1.165) is 18.2 Å². The highest BCUT2D eigenvalue weighted by atomic mass is 15.2. The van der Waals surface area contributed by atoms with Crippen molar-refractivity contribution in [3.05, 3.63) is 29.6 Å². The number of pyridine rings is 1. The highest BCUT2D eigenvalue weighted by molar-refractivity contribution is 5.79. The van der Waals surface area contributed by atoms with Crippen LogP contribution in [0.15, 0.2) is 23.3 Å². The zero-order chi connectivity index (χ0) is 13.5. The molecule has 0 radical (unpaired) electrons. The molecule has 1 heterocycles. The number of aryl methyl sites for hydroxylation is 1. The zero-order valence-electron chi connectivity index (χ0n) is 11.9. The molecule has 0 unspecified atom stereocenters. The molecule has 1 aliphatic carbocycles. The van der Waals surface area contributed by atoms with Crippen LogP contribution in [-0.2, 0) is 6.54 Å². The van der Waals surface area contributed by atoms with E-state index in [0.29, 0.717) is 6.04 Å². The fraction of sp³-hybridized carbons (Fsp3) is 0.600. The molecule has 0 spiro atoms. The summed E-state index contributed by atoms with van der Waals surface area (Å²) in [6.45, 7) is 2.81. The average Bonchev–Trinajstić information content (AvgIpc) is 2.46. The van der Waals surface area contributed by atoms with Gasteiger partial charge in [0.15, 0.2) is 5.96 Å². The Morgan fingerprint density at radius 3 is 2.84 bits per heavy atom. The van der Waals surface area contributed by atoms with Crippen molar-refractivity contribution in [1.82, 2.24) is 15.6 Å². The van der Waals surface area contributed by atoms with Crippen LogP contribution in [0.2, 0.25) is 0 Å². The second-order valence-corrected chi connectivity index (χ2v) is 5.17. The van der Waals surface area contributed by atoms with Crippen LogP contribution in [0, 0.1) is 6.92 Å². The molecular formula is C15H24N4. The summed E-state index contributed by atoms with van der Waals surface area (Å²) in [6.07, 6.45) is 8.37. The Balaban J connectivity index is 1.84. The van der Waals surface area contributed by atoms with E-state index in [1.165, 1.54) is 37.7 Å². The first-order chi connectivity index (χ1) is 9.29. The van der Waals surface area contributed by atoms with Crippen molar-refractivity contribution in [2.75, 3.05) is 7.05 Å². The van der Waals surface area contributed by atoms with Gasteiger partial charge in [0.05, 0.1) is 12.2 Å². The fourth-order valence-corrected chi connectivity index (χ4v) is 2.51. The van der Waals surface area contributed by atoms with Gasteiger partial charge in [0, 0.05) is 19.3 Å². The van der Waals surface area contributed by atoms with E-state index < -0.39 is 0 Å². The summed E-state index contributed by atoms with van der Waals surface area (Å²) < 4.78 is 0. The van der Waals surface area contributed by atoms with Crippen molar-refractivity contribution in [3.63, 3.8) is 0 Å². The number of nitrogens with one attached hydrogen (secondary N) is 2.